The molecule has 4 rings (SSSR count). The number of hydrogen-bond acceptors (Lipinski definition) is 5. The Bertz CT molecular complexity index is 1040. The molecule has 7 nitrogen and oxygen atoms in total. The standard InChI is InChI=1S/C21H22FN3O4/c1-28-9-10-29-20-5-4-14(22)11-16(20)18-3-2-7-24(18)15-6-8-25-19(12-15)17(13-23-25)21(26)27/h4-6,8,11-13,18H,2-3,7,9-10H2,1H3,(H,26,27). The number of rotatable bonds is 7. The fourth-order valence-corrected chi connectivity index (χ4v) is 3.86. The van der Waals surface area contributed by atoms with Crippen molar-refractivity contribution in [2.45, 2.75) is 18.9 Å². The number of ether oxygens (including phenoxy) is 2. The third-order valence-corrected chi connectivity index (χ3v) is 5.20. The number of halogens is 1. The van der Waals surface area contributed by atoms with Crippen LogP contribution in [0, 0.1) is 5.82 Å². The van der Waals surface area contributed by atoms with Crippen molar-refractivity contribution in [3.8, 4) is 5.75 Å². The zero-order chi connectivity index (χ0) is 20.4. The molecule has 0 bridgehead atoms. The Morgan fingerprint density at radius 1 is 1.31 bits per heavy atom. The summed E-state index contributed by atoms with van der Waals surface area (Å²) in [6.07, 6.45) is 4.88. The number of carbonyl (C=O) groups is 1. The van der Waals surface area contributed by atoms with Crippen molar-refractivity contribution in [3.63, 3.8) is 0 Å². The number of aromatic carboxylic acids is 1. The van der Waals surface area contributed by atoms with Gasteiger partial charge in [-0.05, 0) is 43.2 Å². The SMILES string of the molecule is COCCOc1ccc(F)cc1C1CCCN1c1ccn2ncc(C(=O)O)c2c1. The van der Waals surface area contributed by atoms with Gasteiger partial charge in [-0.15, -0.1) is 0 Å². The van der Waals surface area contributed by atoms with E-state index in [4.69, 9.17) is 9.47 Å². The predicted molar refractivity (Wildman–Crippen MR) is 105 cm³/mol. The molecule has 1 aromatic carbocycles. The molecule has 3 heterocycles. The lowest BCUT2D eigenvalue weighted by Gasteiger charge is -2.28. The summed E-state index contributed by atoms with van der Waals surface area (Å²) in [7, 11) is 1.60. The minimum absolute atomic E-state index is 0.0677. The van der Waals surface area contributed by atoms with Crippen molar-refractivity contribution in [2.24, 2.45) is 0 Å². The van der Waals surface area contributed by atoms with E-state index in [1.807, 2.05) is 12.1 Å². The van der Waals surface area contributed by atoms with Gasteiger partial charge in [0, 0.05) is 31.1 Å². The molecular weight excluding hydrogens is 377 g/mol. The molecule has 0 radical (unpaired) electrons. The van der Waals surface area contributed by atoms with Crippen molar-refractivity contribution in [1.82, 2.24) is 9.61 Å². The second-order valence-corrected chi connectivity index (χ2v) is 6.95. The van der Waals surface area contributed by atoms with E-state index in [9.17, 15) is 14.3 Å². The number of carboxylic acid groups (broad SMARTS) is 1. The number of fused-ring (bicyclic) bond motifs is 1. The highest BCUT2D eigenvalue weighted by molar-refractivity contribution is 5.95. The molecule has 1 atom stereocenters. The summed E-state index contributed by atoms with van der Waals surface area (Å²) in [6, 6.07) is 8.21. The summed E-state index contributed by atoms with van der Waals surface area (Å²) in [6.45, 7) is 1.61. The number of hydrogen-bond donors (Lipinski definition) is 1. The van der Waals surface area contributed by atoms with Gasteiger partial charge in [0.1, 0.15) is 23.7 Å². The molecule has 0 amide bonds. The fraction of sp³-hybridized carbons (Fsp3) is 0.333. The summed E-state index contributed by atoms with van der Waals surface area (Å²) >= 11 is 0. The average molecular weight is 399 g/mol. The van der Waals surface area contributed by atoms with Gasteiger partial charge in [-0.25, -0.2) is 13.7 Å². The number of benzene rings is 1. The summed E-state index contributed by atoms with van der Waals surface area (Å²) in [5.74, 6) is -0.698. The molecule has 0 saturated carbocycles. The minimum atomic E-state index is -1.02. The highest BCUT2D eigenvalue weighted by Gasteiger charge is 2.29. The molecule has 0 aliphatic carbocycles. The monoisotopic (exact) mass is 399 g/mol. The number of pyridine rings is 1. The maximum atomic E-state index is 14.1. The second kappa shape index (κ2) is 8.08. The minimum Gasteiger partial charge on any atom is -0.491 e. The number of aromatic nitrogens is 2. The van der Waals surface area contributed by atoms with Gasteiger partial charge in [-0.2, -0.15) is 5.10 Å². The van der Waals surface area contributed by atoms with Gasteiger partial charge >= 0.3 is 5.97 Å². The number of anilines is 1. The first-order valence-corrected chi connectivity index (χ1v) is 9.47. The van der Waals surface area contributed by atoms with Gasteiger partial charge < -0.3 is 19.5 Å². The molecular formula is C21H22FN3O4. The van der Waals surface area contributed by atoms with Crippen LogP contribution in [0.2, 0.25) is 0 Å². The van der Waals surface area contributed by atoms with Crippen LogP contribution in [0.3, 0.4) is 0 Å². The fourth-order valence-electron chi connectivity index (χ4n) is 3.86. The Kier molecular flexibility index (Phi) is 5.35. The first-order chi connectivity index (χ1) is 14.1. The molecule has 8 heteroatoms. The van der Waals surface area contributed by atoms with Crippen LogP contribution in [0.25, 0.3) is 5.52 Å². The highest BCUT2D eigenvalue weighted by Crippen LogP contribution is 2.40. The van der Waals surface area contributed by atoms with Gasteiger partial charge in [0.05, 0.1) is 24.4 Å². The van der Waals surface area contributed by atoms with E-state index < -0.39 is 5.97 Å². The first-order valence-electron chi connectivity index (χ1n) is 9.47. The van der Waals surface area contributed by atoms with Crippen LogP contribution in [0.5, 0.6) is 5.75 Å². The molecule has 1 aliphatic heterocycles. The van der Waals surface area contributed by atoms with Crippen molar-refractivity contribution < 1.29 is 23.8 Å². The summed E-state index contributed by atoms with van der Waals surface area (Å²) in [5, 5.41) is 13.5. The molecule has 1 fully saturated rings. The van der Waals surface area contributed by atoms with Crippen molar-refractivity contribution >= 4 is 17.2 Å². The van der Waals surface area contributed by atoms with E-state index in [-0.39, 0.29) is 17.4 Å². The van der Waals surface area contributed by atoms with Gasteiger partial charge in [-0.3, -0.25) is 0 Å². The molecule has 1 saturated heterocycles. The largest absolute Gasteiger partial charge is 0.491 e. The maximum absolute atomic E-state index is 14.1. The lowest BCUT2D eigenvalue weighted by Crippen LogP contribution is -2.23. The van der Waals surface area contributed by atoms with Crippen molar-refractivity contribution in [2.75, 3.05) is 31.8 Å². The third-order valence-electron chi connectivity index (χ3n) is 5.20. The highest BCUT2D eigenvalue weighted by atomic mass is 19.1. The van der Waals surface area contributed by atoms with Gasteiger partial charge in [0.15, 0.2) is 0 Å². The molecule has 3 aromatic rings. The molecule has 0 spiro atoms. The molecule has 29 heavy (non-hydrogen) atoms. The Morgan fingerprint density at radius 2 is 2.17 bits per heavy atom. The van der Waals surface area contributed by atoms with E-state index in [2.05, 4.69) is 10.00 Å². The molecule has 1 aliphatic rings. The van der Waals surface area contributed by atoms with E-state index >= 15 is 0 Å². The third kappa shape index (κ3) is 3.75. The number of nitrogens with zero attached hydrogens (tertiary/aromatic N) is 3. The van der Waals surface area contributed by atoms with Crippen LogP contribution < -0.4 is 9.64 Å². The summed E-state index contributed by atoms with van der Waals surface area (Å²) < 4.78 is 26.5. The zero-order valence-corrected chi connectivity index (χ0v) is 16.0. The molecule has 2 aromatic heterocycles. The quantitative estimate of drug-likeness (QED) is 0.613. The summed E-state index contributed by atoms with van der Waals surface area (Å²) in [5.41, 5.74) is 2.33. The number of carboxylic acids is 1. The Balaban J connectivity index is 1.70. The van der Waals surface area contributed by atoms with Crippen molar-refractivity contribution in [1.29, 1.82) is 0 Å². The molecule has 1 unspecified atom stereocenters. The zero-order valence-electron chi connectivity index (χ0n) is 16.0. The van der Waals surface area contributed by atoms with E-state index in [1.54, 1.807) is 23.9 Å². The van der Waals surface area contributed by atoms with Crippen LogP contribution in [-0.2, 0) is 4.74 Å². The average Bonchev–Trinajstić information content (AvgIpc) is 3.35. The van der Waals surface area contributed by atoms with Crippen LogP contribution in [0.1, 0.15) is 34.8 Å². The van der Waals surface area contributed by atoms with E-state index in [0.29, 0.717) is 24.5 Å². The topological polar surface area (TPSA) is 76.3 Å². The summed E-state index contributed by atoms with van der Waals surface area (Å²) in [4.78, 5) is 13.6. The maximum Gasteiger partial charge on any atom is 0.339 e. The molecule has 1 N–H and O–H groups in total. The van der Waals surface area contributed by atoms with Crippen LogP contribution >= 0.6 is 0 Å². The van der Waals surface area contributed by atoms with Crippen LogP contribution in [0.4, 0.5) is 10.1 Å². The Morgan fingerprint density at radius 3 is 2.97 bits per heavy atom. The second-order valence-electron chi connectivity index (χ2n) is 6.95. The van der Waals surface area contributed by atoms with Crippen LogP contribution in [-0.4, -0.2) is 47.6 Å². The lowest BCUT2D eigenvalue weighted by atomic mass is 10.0. The first kappa shape index (κ1) is 19.2. The van der Waals surface area contributed by atoms with Gasteiger partial charge in [-0.1, -0.05) is 0 Å². The normalized spacial score (nSPS) is 16.5. The lowest BCUT2D eigenvalue weighted by molar-refractivity contribution is 0.0699. The van der Waals surface area contributed by atoms with E-state index in [1.165, 1.54) is 18.3 Å². The van der Waals surface area contributed by atoms with Gasteiger partial charge in [0.2, 0.25) is 0 Å². The Labute approximate surface area is 167 Å². The van der Waals surface area contributed by atoms with Gasteiger partial charge in [0.25, 0.3) is 0 Å². The Hall–Kier alpha value is -3.13. The van der Waals surface area contributed by atoms with Crippen molar-refractivity contribution in [3.05, 3.63) is 59.7 Å². The smallest absolute Gasteiger partial charge is 0.339 e. The van der Waals surface area contributed by atoms with Crippen LogP contribution in [0.15, 0.2) is 42.7 Å². The predicted octanol–water partition coefficient (Wildman–Crippen LogP) is 3.54. The van der Waals surface area contributed by atoms with E-state index in [0.717, 1.165) is 30.6 Å². The number of methoxy groups -OCH3 is 1. The molecule has 152 valence electrons.